The van der Waals surface area contributed by atoms with Crippen molar-refractivity contribution in [2.24, 2.45) is 0 Å². The van der Waals surface area contributed by atoms with Crippen LogP contribution in [0.15, 0.2) is 81.2 Å². The highest BCUT2D eigenvalue weighted by Gasteiger charge is 2.26. The van der Waals surface area contributed by atoms with Gasteiger partial charge in [-0.05, 0) is 77.9 Å². The molecule has 0 fully saturated rings. The lowest BCUT2D eigenvalue weighted by Gasteiger charge is -2.05. The second kappa shape index (κ2) is 21.9. The summed E-state index contributed by atoms with van der Waals surface area (Å²) in [6.07, 6.45) is 19.7. The van der Waals surface area contributed by atoms with E-state index < -0.39 is 9.84 Å². The van der Waals surface area contributed by atoms with Crippen molar-refractivity contribution in [3.63, 3.8) is 0 Å². The quantitative estimate of drug-likeness (QED) is 0.0425. The Morgan fingerprint density at radius 2 is 0.963 bits per heavy atom. The Morgan fingerprint density at radius 3 is 1.52 bits per heavy atom. The molecule has 54 heavy (non-hydrogen) atoms. The van der Waals surface area contributed by atoms with Crippen molar-refractivity contribution in [1.29, 1.82) is 0 Å². The molecule has 290 valence electrons. The lowest BCUT2D eigenvalue weighted by molar-refractivity contribution is 0.573. The van der Waals surface area contributed by atoms with Crippen molar-refractivity contribution >= 4 is 89.6 Å². The molecule has 0 aliphatic rings. The minimum Gasteiger partial charge on any atom is -0.224 e. The fourth-order valence-corrected chi connectivity index (χ4v) is 16.3. The van der Waals surface area contributed by atoms with E-state index in [1.807, 2.05) is 40.5 Å². The van der Waals surface area contributed by atoms with E-state index in [2.05, 4.69) is 79.2 Å². The summed E-state index contributed by atoms with van der Waals surface area (Å²) < 4.78 is 28.4. The molecular formula is C44H54O2S8. The molecule has 0 spiro atoms. The van der Waals surface area contributed by atoms with Crippen LogP contribution >= 0.6 is 79.8 Å². The Balaban J connectivity index is 1.25. The molecule has 6 rings (SSSR count). The van der Waals surface area contributed by atoms with Crippen LogP contribution in [-0.4, -0.2) is 19.9 Å². The highest BCUT2D eigenvalue weighted by atomic mass is 32.2. The van der Waals surface area contributed by atoms with E-state index in [1.165, 1.54) is 123 Å². The van der Waals surface area contributed by atoms with Gasteiger partial charge in [0.2, 0.25) is 0 Å². The number of thiophene rings is 6. The van der Waals surface area contributed by atoms with Crippen LogP contribution in [0, 0.1) is 0 Å². The molecular weight excluding hydrogens is 817 g/mol. The van der Waals surface area contributed by atoms with E-state index in [1.54, 1.807) is 45.3 Å². The zero-order valence-electron chi connectivity index (χ0n) is 31.7. The molecule has 0 saturated carbocycles. The molecule has 0 N–H and O–H groups in total. The third-order valence-corrected chi connectivity index (χ3v) is 20.0. The summed E-state index contributed by atoms with van der Waals surface area (Å²) in [4.78, 5) is 13.7. The summed E-state index contributed by atoms with van der Waals surface area (Å²) in [5.41, 5.74) is 0. The van der Waals surface area contributed by atoms with Crippen molar-refractivity contribution < 1.29 is 8.42 Å². The average molecular weight is 871 g/mol. The smallest absolute Gasteiger partial charge is 0.179 e. The Bertz CT molecular complexity index is 2050. The Kier molecular flexibility index (Phi) is 17.1. The number of hydrogen-bond acceptors (Lipinski definition) is 9. The van der Waals surface area contributed by atoms with Gasteiger partial charge in [0.05, 0.1) is 20.4 Å². The minimum absolute atomic E-state index is 0.213. The predicted octanol–water partition coefficient (Wildman–Crippen LogP) is 17.5. The van der Waals surface area contributed by atoms with Gasteiger partial charge in [-0.1, -0.05) is 116 Å². The van der Waals surface area contributed by atoms with Crippen LogP contribution in [0.25, 0.3) is 48.8 Å². The second-order valence-electron chi connectivity index (χ2n) is 14.0. The molecule has 0 aliphatic carbocycles. The fourth-order valence-electron chi connectivity index (χ4n) is 6.65. The van der Waals surface area contributed by atoms with Crippen molar-refractivity contribution in [2.75, 3.05) is 11.5 Å². The summed E-state index contributed by atoms with van der Waals surface area (Å²) in [6, 6.07) is 21.8. The van der Waals surface area contributed by atoms with Gasteiger partial charge in [-0.25, -0.2) is 8.42 Å². The van der Waals surface area contributed by atoms with E-state index in [4.69, 9.17) is 0 Å². The van der Waals surface area contributed by atoms with E-state index in [0.29, 0.717) is 4.90 Å². The van der Waals surface area contributed by atoms with E-state index in [-0.39, 0.29) is 5.75 Å². The van der Waals surface area contributed by atoms with Gasteiger partial charge < -0.3 is 0 Å². The van der Waals surface area contributed by atoms with Gasteiger partial charge in [0.15, 0.2) is 9.84 Å². The number of unbranched alkanes of at least 4 members (excludes halogenated alkanes) is 14. The van der Waals surface area contributed by atoms with Gasteiger partial charge in [0, 0.05) is 43.9 Å². The van der Waals surface area contributed by atoms with E-state index in [0.717, 1.165) is 39.6 Å². The monoisotopic (exact) mass is 870 g/mol. The molecule has 0 unspecified atom stereocenters. The highest BCUT2D eigenvalue weighted by molar-refractivity contribution is 7.99. The Hall–Kier alpha value is -1.50. The normalized spacial score (nSPS) is 12.0. The summed E-state index contributed by atoms with van der Waals surface area (Å²) in [5, 5.41) is 4.25. The van der Waals surface area contributed by atoms with Crippen LogP contribution in [-0.2, 0) is 9.84 Å². The zero-order chi connectivity index (χ0) is 37.6. The van der Waals surface area contributed by atoms with Gasteiger partial charge in [-0.15, -0.1) is 79.8 Å². The molecule has 0 atom stereocenters. The maximum atomic E-state index is 14.2. The largest absolute Gasteiger partial charge is 0.224 e. The van der Waals surface area contributed by atoms with Crippen LogP contribution in [0.1, 0.15) is 117 Å². The SMILES string of the molecule is CCCCCCCCCCSc1cc(-c2cc(S(=O)(=O)CCCCCCCCCC)c(-c3ccc(-c4cccs4)s3)s2)sc1-c1ccc(-c2cccs2)s1. The first-order valence-electron chi connectivity index (χ1n) is 19.9. The number of hydrogen-bond donors (Lipinski definition) is 0. The highest BCUT2D eigenvalue weighted by Crippen LogP contribution is 2.51. The van der Waals surface area contributed by atoms with Gasteiger partial charge in [-0.3, -0.25) is 0 Å². The molecule has 0 bridgehead atoms. The average Bonchev–Trinajstić information content (AvgIpc) is 4.02. The number of rotatable bonds is 25. The van der Waals surface area contributed by atoms with Crippen LogP contribution in [0.4, 0.5) is 0 Å². The molecule has 0 saturated heterocycles. The van der Waals surface area contributed by atoms with Gasteiger partial charge in [-0.2, -0.15) is 0 Å². The molecule has 0 aliphatic heterocycles. The number of sulfone groups is 1. The zero-order valence-corrected chi connectivity index (χ0v) is 38.3. The second-order valence-corrected chi connectivity index (χ2v) is 23.4. The van der Waals surface area contributed by atoms with Crippen molar-refractivity contribution in [2.45, 2.75) is 126 Å². The molecule has 2 nitrogen and oxygen atoms in total. The maximum Gasteiger partial charge on any atom is 0.179 e. The van der Waals surface area contributed by atoms with Crippen molar-refractivity contribution in [3.05, 3.63) is 71.4 Å². The topological polar surface area (TPSA) is 34.1 Å². The Morgan fingerprint density at radius 1 is 0.481 bits per heavy atom. The van der Waals surface area contributed by atoms with Crippen LogP contribution in [0.5, 0.6) is 0 Å². The fraction of sp³-hybridized carbons (Fsp3) is 0.455. The van der Waals surface area contributed by atoms with E-state index in [9.17, 15) is 8.42 Å². The minimum atomic E-state index is -3.46. The van der Waals surface area contributed by atoms with Crippen molar-refractivity contribution in [3.8, 4) is 48.8 Å². The molecule has 6 aromatic heterocycles. The van der Waals surface area contributed by atoms with Crippen molar-refractivity contribution in [1.82, 2.24) is 0 Å². The molecule has 0 aromatic carbocycles. The van der Waals surface area contributed by atoms with Crippen LogP contribution < -0.4 is 0 Å². The summed E-state index contributed by atoms with van der Waals surface area (Å²) in [5.74, 6) is 1.32. The third-order valence-electron chi connectivity index (χ3n) is 9.68. The molecule has 6 aromatic rings. The third kappa shape index (κ3) is 11.8. The lowest BCUT2D eigenvalue weighted by Crippen LogP contribution is -2.06. The summed E-state index contributed by atoms with van der Waals surface area (Å²) in [6.45, 7) is 4.52. The van der Waals surface area contributed by atoms with Gasteiger partial charge >= 0.3 is 0 Å². The summed E-state index contributed by atoms with van der Waals surface area (Å²) >= 11 is 12.6. The molecule has 10 heteroatoms. The van der Waals surface area contributed by atoms with Gasteiger partial charge in [0.25, 0.3) is 0 Å². The molecule has 0 radical (unpaired) electrons. The van der Waals surface area contributed by atoms with Crippen LogP contribution in [0.3, 0.4) is 0 Å². The standard InChI is InChI=1S/C44H54O2S8/c1-3-5-7-9-11-13-15-17-27-49-41-31-39(52-43(41)37-25-23-35(50-37)33-21-19-28-47-33)40-32-42(54(45,46)30-18-16-14-12-10-8-6-4-2)44(53-40)38-26-24-36(51-38)34-22-20-29-48-34/h19-26,28-29,31-32H,3-18,27,30H2,1-2H3. The molecule has 6 heterocycles. The lowest BCUT2D eigenvalue weighted by atomic mass is 10.1. The number of thioether (sulfide) groups is 1. The maximum absolute atomic E-state index is 14.2. The predicted molar refractivity (Wildman–Crippen MR) is 249 cm³/mol. The van der Waals surface area contributed by atoms with Gasteiger partial charge in [0.1, 0.15) is 0 Å². The summed E-state index contributed by atoms with van der Waals surface area (Å²) in [7, 11) is -3.46. The first-order chi connectivity index (χ1) is 26.5. The molecule has 0 amide bonds. The van der Waals surface area contributed by atoms with E-state index >= 15 is 0 Å². The first-order valence-corrected chi connectivity index (χ1v) is 27.5. The van der Waals surface area contributed by atoms with Crippen LogP contribution in [0.2, 0.25) is 0 Å². The first kappa shape index (κ1) is 42.1. The Labute approximate surface area is 353 Å².